The van der Waals surface area contributed by atoms with E-state index in [1.54, 1.807) is 12.1 Å². The number of nitrogens with one attached hydrogen (secondary N) is 1. The number of hydrogen-bond donors (Lipinski definition) is 2. The third-order valence-electron chi connectivity index (χ3n) is 2.77. The molecular formula is C13H16N2O3S. The molecule has 0 unspecified atom stereocenters. The van der Waals surface area contributed by atoms with Gasteiger partial charge in [0.2, 0.25) is 11.8 Å². The van der Waals surface area contributed by atoms with E-state index in [4.69, 9.17) is 4.74 Å². The van der Waals surface area contributed by atoms with E-state index in [-0.39, 0.29) is 24.8 Å². The summed E-state index contributed by atoms with van der Waals surface area (Å²) in [5.74, 6) is 0.903. The molecule has 0 radical (unpaired) electrons. The molecule has 2 rings (SSSR count). The Hall–Kier alpha value is -1.69. The zero-order valence-corrected chi connectivity index (χ0v) is 11.4. The summed E-state index contributed by atoms with van der Waals surface area (Å²) in [6.45, 7) is 0.833. The Labute approximate surface area is 117 Å². The lowest BCUT2D eigenvalue weighted by molar-refractivity contribution is -0.123. The summed E-state index contributed by atoms with van der Waals surface area (Å²) >= 11 is 4.03. The predicted octanol–water partition coefficient (Wildman–Crippen LogP) is 0.848. The summed E-state index contributed by atoms with van der Waals surface area (Å²) in [7, 11) is 0. The maximum absolute atomic E-state index is 12.0. The molecule has 0 aliphatic carbocycles. The van der Waals surface area contributed by atoms with Gasteiger partial charge in [-0.05, 0) is 12.1 Å². The molecule has 1 aromatic carbocycles. The highest BCUT2D eigenvalue weighted by atomic mass is 32.1. The molecule has 1 N–H and O–H groups in total. The molecule has 0 saturated carbocycles. The van der Waals surface area contributed by atoms with Gasteiger partial charge in [-0.1, -0.05) is 12.1 Å². The minimum Gasteiger partial charge on any atom is -0.491 e. The van der Waals surface area contributed by atoms with E-state index in [0.717, 1.165) is 0 Å². The van der Waals surface area contributed by atoms with Gasteiger partial charge in [0.25, 0.3) is 0 Å². The van der Waals surface area contributed by atoms with Crippen molar-refractivity contribution in [1.82, 2.24) is 5.32 Å². The third kappa shape index (κ3) is 3.41. The Kier molecular flexibility index (Phi) is 4.68. The van der Waals surface area contributed by atoms with Crippen molar-refractivity contribution >= 4 is 30.1 Å². The van der Waals surface area contributed by atoms with E-state index in [1.165, 1.54) is 4.90 Å². The van der Waals surface area contributed by atoms with Crippen molar-refractivity contribution in [1.29, 1.82) is 0 Å². The lowest BCUT2D eigenvalue weighted by atomic mass is 10.2. The van der Waals surface area contributed by atoms with Crippen molar-refractivity contribution in [2.45, 2.75) is 6.42 Å². The second-order valence-electron chi connectivity index (χ2n) is 4.12. The fourth-order valence-electron chi connectivity index (χ4n) is 1.89. The standard InChI is InChI=1S/C13H16N2O3S/c16-12(14-6-8-19)9-15-10-3-1-2-4-11(10)18-7-5-13(15)17/h1-4,19H,5-9H2,(H,14,16). The van der Waals surface area contributed by atoms with Gasteiger partial charge in [-0.15, -0.1) is 0 Å². The van der Waals surface area contributed by atoms with Gasteiger partial charge >= 0.3 is 0 Å². The summed E-state index contributed by atoms with van der Waals surface area (Å²) in [5, 5.41) is 2.70. The van der Waals surface area contributed by atoms with Crippen molar-refractivity contribution in [3.63, 3.8) is 0 Å². The van der Waals surface area contributed by atoms with Crippen LogP contribution < -0.4 is 15.0 Å². The van der Waals surface area contributed by atoms with Crippen LogP contribution >= 0.6 is 12.6 Å². The van der Waals surface area contributed by atoms with Crippen LogP contribution in [0, 0.1) is 0 Å². The van der Waals surface area contributed by atoms with Gasteiger partial charge in [-0.2, -0.15) is 12.6 Å². The molecule has 0 aromatic heterocycles. The van der Waals surface area contributed by atoms with Gasteiger partial charge < -0.3 is 10.1 Å². The predicted molar refractivity (Wildman–Crippen MR) is 75.8 cm³/mol. The van der Waals surface area contributed by atoms with E-state index in [1.807, 2.05) is 12.1 Å². The molecule has 1 aromatic rings. The average molecular weight is 280 g/mol. The molecule has 1 aliphatic rings. The number of carbonyl (C=O) groups excluding carboxylic acids is 2. The van der Waals surface area contributed by atoms with Gasteiger partial charge in [-0.3, -0.25) is 14.5 Å². The lowest BCUT2D eigenvalue weighted by Crippen LogP contribution is -2.41. The van der Waals surface area contributed by atoms with E-state index in [9.17, 15) is 9.59 Å². The van der Waals surface area contributed by atoms with Crippen molar-refractivity contribution in [3.8, 4) is 5.75 Å². The quantitative estimate of drug-likeness (QED) is 0.804. The van der Waals surface area contributed by atoms with E-state index in [0.29, 0.717) is 30.3 Å². The number of carbonyl (C=O) groups is 2. The molecule has 0 saturated heterocycles. The number of nitrogens with zero attached hydrogens (tertiary/aromatic N) is 1. The Morgan fingerprint density at radius 3 is 3.00 bits per heavy atom. The van der Waals surface area contributed by atoms with Crippen LogP contribution in [0.3, 0.4) is 0 Å². The molecule has 0 fully saturated rings. The molecule has 2 amide bonds. The third-order valence-corrected chi connectivity index (χ3v) is 2.99. The van der Waals surface area contributed by atoms with E-state index < -0.39 is 0 Å². The minimum atomic E-state index is -0.195. The Morgan fingerprint density at radius 2 is 2.21 bits per heavy atom. The zero-order chi connectivity index (χ0) is 13.7. The summed E-state index contributed by atoms with van der Waals surface area (Å²) in [5.41, 5.74) is 0.644. The van der Waals surface area contributed by atoms with Crippen LogP contribution in [0.25, 0.3) is 0 Å². The fourth-order valence-corrected chi connectivity index (χ4v) is 2.00. The second kappa shape index (κ2) is 6.47. The maximum Gasteiger partial charge on any atom is 0.240 e. The van der Waals surface area contributed by atoms with Crippen molar-refractivity contribution in [2.75, 3.05) is 30.3 Å². The van der Waals surface area contributed by atoms with Gasteiger partial charge in [0.15, 0.2) is 0 Å². The molecule has 5 nitrogen and oxygen atoms in total. The number of ether oxygens (including phenoxy) is 1. The Bertz CT molecular complexity index is 479. The molecule has 102 valence electrons. The first-order chi connectivity index (χ1) is 9.22. The van der Waals surface area contributed by atoms with Crippen molar-refractivity contribution in [2.24, 2.45) is 0 Å². The highest BCUT2D eigenvalue weighted by Gasteiger charge is 2.24. The van der Waals surface area contributed by atoms with Crippen molar-refractivity contribution < 1.29 is 14.3 Å². The van der Waals surface area contributed by atoms with Crippen LogP contribution in [0.15, 0.2) is 24.3 Å². The van der Waals surface area contributed by atoms with Crippen LogP contribution in [-0.2, 0) is 9.59 Å². The van der Waals surface area contributed by atoms with Crippen LogP contribution in [0.1, 0.15) is 6.42 Å². The highest BCUT2D eigenvalue weighted by molar-refractivity contribution is 7.80. The van der Waals surface area contributed by atoms with Crippen LogP contribution in [-0.4, -0.2) is 37.3 Å². The lowest BCUT2D eigenvalue weighted by Gasteiger charge is -2.21. The first kappa shape index (κ1) is 13.7. The van der Waals surface area contributed by atoms with Gasteiger partial charge in [-0.25, -0.2) is 0 Å². The average Bonchev–Trinajstić information content (AvgIpc) is 2.57. The number of rotatable bonds is 4. The number of benzene rings is 1. The number of fused-ring (bicyclic) bond motifs is 1. The molecule has 19 heavy (non-hydrogen) atoms. The second-order valence-corrected chi connectivity index (χ2v) is 4.57. The zero-order valence-electron chi connectivity index (χ0n) is 10.5. The van der Waals surface area contributed by atoms with Crippen molar-refractivity contribution in [3.05, 3.63) is 24.3 Å². The summed E-state index contributed by atoms with van der Waals surface area (Å²) in [4.78, 5) is 25.3. The normalized spacial score (nSPS) is 14.4. The Balaban J connectivity index is 2.17. The molecular weight excluding hydrogens is 264 g/mol. The molecule has 0 bridgehead atoms. The summed E-state index contributed by atoms with van der Waals surface area (Å²) in [6, 6.07) is 7.24. The van der Waals surface area contributed by atoms with Crippen LogP contribution in [0.2, 0.25) is 0 Å². The number of anilines is 1. The van der Waals surface area contributed by atoms with E-state index in [2.05, 4.69) is 17.9 Å². The minimum absolute atomic E-state index is 0.00693. The number of amides is 2. The van der Waals surface area contributed by atoms with Crippen LogP contribution in [0.4, 0.5) is 5.69 Å². The maximum atomic E-state index is 12.0. The first-order valence-corrected chi connectivity index (χ1v) is 6.75. The van der Waals surface area contributed by atoms with Gasteiger partial charge in [0.1, 0.15) is 12.3 Å². The summed E-state index contributed by atoms with van der Waals surface area (Å²) in [6.07, 6.45) is 0.272. The number of para-hydroxylation sites is 2. The smallest absolute Gasteiger partial charge is 0.240 e. The topological polar surface area (TPSA) is 58.6 Å². The fraction of sp³-hybridized carbons (Fsp3) is 0.385. The monoisotopic (exact) mass is 280 g/mol. The van der Waals surface area contributed by atoms with Gasteiger partial charge in [0.05, 0.1) is 18.7 Å². The molecule has 6 heteroatoms. The largest absolute Gasteiger partial charge is 0.491 e. The first-order valence-electron chi connectivity index (χ1n) is 6.12. The van der Waals surface area contributed by atoms with Gasteiger partial charge in [0, 0.05) is 12.3 Å². The molecule has 1 heterocycles. The SMILES string of the molecule is O=C(CN1C(=O)CCOc2ccccc21)NCCS. The van der Waals surface area contributed by atoms with E-state index >= 15 is 0 Å². The Morgan fingerprint density at radius 1 is 1.42 bits per heavy atom. The molecule has 0 spiro atoms. The highest BCUT2D eigenvalue weighted by Crippen LogP contribution is 2.30. The molecule has 0 atom stereocenters. The van der Waals surface area contributed by atoms with Crippen LogP contribution in [0.5, 0.6) is 5.75 Å². The summed E-state index contributed by atoms with van der Waals surface area (Å²) < 4.78 is 5.51. The number of hydrogen-bond acceptors (Lipinski definition) is 4. The number of thiol groups is 1. The molecule has 1 aliphatic heterocycles.